The Labute approximate surface area is 256 Å². The summed E-state index contributed by atoms with van der Waals surface area (Å²) in [6.45, 7) is 0. The molecule has 0 aliphatic carbocycles. The first-order valence-corrected chi connectivity index (χ1v) is 16.1. The van der Waals surface area contributed by atoms with Crippen molar-refractivity contribution in [3.8, 4) is 33.4 Å². The zero-order valence-electron chi connectivity index (χ0n) is 22.9. The number of hydrogen-bond donors (Lipinski definition) is 0. The van der Waals surface area contributed by atoms with Gasteiger partial charge in [0.05, 0.1) is 0 Å². The van der Waals surface area contributed by atoms with Gasteiger partial charge in [-0.15, -0.1) is 11.3 Å². The van der Waals surface area contributed by atoms with E-state index in [0.29, 0.717) is 0 Å². The first-order valence-electron chi connectivity index (χ1n) is 14.5. The van der Waals surface area contributed by atoms with E-state index in [4.69, 9.17) is 4.42 Å². The van der Waals surface area contributed by atoms with Crippen LogP contribution >= 0.6 is 23.1 Å². The summed E-state index contributed by atoms with van der Waals surface area (Å²) in [6, 6.07) is 48.7. The lowest BCUT2D eigenvalue weighted by Gasteiger charge is -2.21. The molecular weight excluding hydrogens is 561 g/mol. The first-order chi connectivity index (χ1) is 21.3. The average Bonchev–Trinajstić information content (AvgIpc) is 3.62. The fourth-order valence-corrected chi connectivity index (χ4v) is 9.14. The molecule has 0 radical (unpaired) electrons. The summed E-state index contributed by atoms with van der Waals surface area (Å²) in [5.41, 5.74) is 9.26. The lowest BCUT2D eigenvalue weighted by atomic mass is 9.94. The average molecular weight is 583 g/mol. The second kappa shape index (κ2) is 8.84. The molecule has 0 saturated carbocycles. The number of fused-ring (bicyclic) bond motifs is 8. The quantitative estimate of drug-likeness (QED) is 0.201. The predicted molar refractivity (Wildman–Crippen MR) is 185 cm³/mol. The third kappa shape index (κ3) is 3.47. The number of rotatable bonds is 2. The molecule has 0 saturated heterocycles. The molecule has 1 nitrogen and oxygen atoms in total. The highest BCUT2D eigenvalue weighted by Crippen LogP contribution is 2.49. The number of thiophene rings is 1. The molecule has 7 aromatic carbocycles. The van der Waals surface area contributed by atoms with Crippen molar-refractivity contribution in [3.05, 3.63) is 133 Å². The maximum absolute atomic E-state index is 6.56. The van der Waals surface area contributed by atoms with E-state index in [2.05, 4.69) is 133 Å². The molecule has 9 aromatic rings. The summed E-state index contributed by atoms with van der Waals surface area (Å²) >= 11 is 3.72. The van der Waals surface area contributed by atoms with Crippen LogP contribution in [0.5, 0.6) is 0 Å². The maximum atomic E-state index is 6.56. The molecule has 0 unspecified atom stereocenters. The van der Waals surface area contributed by atoms with E-state index >= 15 is 0 Å². The van der Waals surface area contributed by atoms with Crippen molar-refractivity contribution in [2.45, 2.75) is 9.79 Å². The molecule has 0 amide bonds. The van der Waals surface area contributed by atoms with Crippen LogP contribution in [0.1, 0.15) is 0 Å². The number of furan rings is 1. The van der Waals surface area contributed by atoms with Gasteiger partial charge in [0.2, 0.25) is 0 Å². The fraction of sp³-hybridized carbons (Fsp3) is 0. The third-order valence-corrected chi connectivity index (χ3v) is 11.1. The molecule has 0 N–H and O–H groups in total. The molecule has 1 aliphatic heterocycles. The molecule has 0 bridgehead atoms. The van der Waals surface area contributed by atoms with Gasteiger partial charge in [-0.05, 0) is 93.4 Å². The van der Waals surface area contributed by atoms with Crippen LogP contribution in [0.4, 0.5) is 0 Å². The molecule has 3 heterocycles. The Balaban J connectivity index is 1.10. The van der Waals surface area contributed by atoms with Crippen molar-refractivity contribution in [2.24, 2.45) is 0 Å². The highest BCUT2D eigenvalue weighted by molar-refractivity contribution is 7.99. The standard InChI is InChI=1S/C40H22OS2/c1-2-11-35-31(8-1)40-27(9-5-13-38(40)42-35)26-15-18-29-28-17-14-25(21-33(28)41-34(29)22-26)24-16-19-36-32(20-24)30-10-3-6-23-7-4-12-37(43-36)39(23)30/h1-22H. The van der Waals surface area contributed by atoms with Crippen molar-refractivity contribution in [2.75, 3.05) is 0 Å². The predicted octanol–water partition coefficient (Wildman–Crippen LogP) is 12.6. The van der Waals surface area contributed by atoms with Crippen LogP contribution in [0.3, 0.4) is 0 Å². The molecule has 1 aliphatic rings. The number of benzene rings is 7. The zero-order valence-corrected chi connectivity index (χ0v) is 24.6. The summed E-state index contributed by atoms with van der Waals surface area (Å²) in [5.74, 6) is 0. The van der Waals surface area contributed by atoms with E-state index in [1.807, 2.05) is 23.1 Å². The van der Waals surface area contributed by atoms with Crippen LogP contribution in [0, 0.1) is 0 Å². The fourth-order valence-electron chi connectivity index (χ4n) is 6.88. The minimum atomic E-state index is 0.920. The highest BCUT2D eigenvalue weighted by atomic mass is 32.2. The molecule has 0 fully saturated rings. The van der Waals surface area contributed by atoms with Crippen molar-refractivity contribution >= 4 is 76.0 Å². The topological polar surface area (TPSA) is 13.1 Å². The molecule has 43 heavy (non-hydrogen) atoms. The molecule has 10 rings (SSSR count). The molecule has 3 heteroatoms. The SMILES string of the molecule is c1cc2c3c(cccc3c1)-c1cc(-c3ccc4c(c3)oc3cc(-c5cccc6sc7ccccc7c56)ccc34)ccc1S2. The van der Waals surface area contributed by atoms with Crippen molar-refractivity contribution in [1.82, 2.24) is 0 Å². The minimum absolute atomic E-state index is 0.920. The van der Waals surface area contributed by atoms with Crippen LogP contribution in [-0.2, 0) is 0 Å². The largest absolute Gasteiger partial charge is 0.456 e. The van der Waals surface area contributed by atoms with Crippen molar-refractivity contribution in [1.29, 1.82) is 0 Å². The Morgan fingerprint density at radius 3 is 2.02 bits per heavy atom. The maximum Gasteiger partial charge on any atom is 0.136 e. The van der Waals surface area contributed by atoms with Crippen LogP contribution in [0.25, 0.3) is 86.3 Å². The van der Waals surface area contributed by atoms with Gasteiger partial charge in [-0.25, -0.2) is 0 Å². The Kier molecular flexibility index (Phi) is 4.87. The molecule has 0 spiro atoms. The summed E-state index contributed by atoms with van der Waals surface area (Å²) < 4.78 is 9.20. The van der Waals surface area contributed by atoms with E-state index in [9.17, 15) is 0 Å². The minimum Gasteiger partial charge on any atom is -0.456 e. The van der Waals surface area contributed by atoms with Crippen LogP contribution in [0.15, 0.2) is 148 Å². The lowest BCUT2D eigenvalue weighted by molar-refractivity contribution is 0.669. The Hall–Kier alpha value is -4.83. The smallest absolute Gasteiger partial charge is 0.136 e. The van der Waals surface area contributed by atoms with Crippen molar-refractivity contribution in [3.63, 3.8) is 0 Å². The van der Waals surface area contributed by atoms with E-state index in [1.165, 1.54) is 74.1 Å². The summed E-state index contributed by atoms with van der Waals surface area (Å²) in [6.07, 6.45) is 0. The summed E-state index contributed by atoms with van der Waals surface area (Å²) in [5, 5.41) is 7.59. The molecular formula is C40H22OS2. The molecule has 200 valence electrons. The highest BCUT2D eigenvalue weighted by Gasteiger charge is 2.20. The van der Waals surface area contributed by atoms with Gasteiger partial charge in [-0.1, -0.05) is 90.6 Å². The third-order valence-electron chi connectivity index (χ3n) is 8.88. The summed E-state index contributed by atoms with van der Waals surface area (Å²) in [7, 11) is 0. The Bertz CT molecular complexity index is 2600. The zero-order chi connectivity index (χ0) is 28.1. The first kappa shape index (κ1) is 23.7. The van der Waals surface area contributed by atoms with Gasteiger partial charge in [0.1, 0.15) is 11.2 Å². The van der Waals surface area contributed by atoms with Gasteiger partial charge >= 0.3 is 0 Å². The van der Waals surface area contributed by atoms with Gasteiger partial charge in [0, 0.05) is 46.1 Å². The van der Waals surface area contributed by atoms with Gasteiger partial charge < -0.3 is 4.42 Å². The van der Waals surface area contributed by atoms with Gasteiger partial charge in [-0.2, -0.15) is 0 Å². The normalized spacial score (nSPS) is 12.6. The van der Waals surface area contributed by atoms with E-state index in [1.54, 1.807) is 0 Å². The van der Waals surface area contributed by atoms with E-state index < -0.39 is 0 Å². The van der Waals surface area contributed by atoms with Crippen molar-refractivity contribution < 1.29 is 4.42 Å². The monoisotopic (exact) mass is 582 g/mol. The number of hydrogen-bond acceptors (Lipinski definition) is 3. The Morgan fingerprint density at radius 2 is 1.12 bits per heavy atom. The second-order valence-corrected chi connectivity index (χ2v) is 13.4. The van der Waals surface area contributed by atoms with Gasteiger partial charge in [0.15, 0.2) is 0 Å². The van der Waals surface area contributed by atoms with Gasteiger partial charge in [-0.3, -0.25) is 0 Å². The van der Waals surface area contributed by atoms with Gasteiger partial charge in [0.25, 0.3) is 0 Å². The summed E-state index contributed by atoms with van der Waals surface area (Å²) in [4.78, 5) is 2.64. The molecule has 2 aromatic heterocycles. The molecule has 0 atom stereocenters. The Morgan fingerprint density at radius 1 is 0.419 bits per heavy atom. The van der Waals surface area contributed by atoms with E-state index in [0.717, 1.165) is 21.9 Å². The second-order valence-electron chi connectivity index (χ2n) is 11.3. The van der Waals surface area contributed by atoms with Crippen LogP contribution < -0.4 is 0 Å². The van der Waals surface area contributed by atoms with Crippen LogP contribution in [0.2, 0.25) is 0 Å². The lowest BCUT2D eigenvalue weighted by Crippen LogP contribution is -1.93. The van der Waals surface area contributed by atoms with E-state index in [-0.39, 0.29) is 0 Å². The van der Waals surface area contributed by atoms with Crippen LogP contribution in [-0.4, -0.2) is 0 Å².